The Morgan fingerprint density at radius 2 is 2.00 bits per heavy atom. The first-order valence-corrected chi connectivity index (χ1v) is 8.18. The van der Waals surface area contributed by atoms with Gasteiger partial charge in [0, 0.05) is 36.5 Å². The number of nitrogens with zero attached hydrogens (tertiary/aromatic N) is 1. The van der Waals surface area contributed by atoms with Gasteiger partial charge >= 0.3 is 5.97 Å². The summed E-state index contributed by atoms with van der Waals surface area (Å²) < 4.78 is 0. The van der Waals surface area contributed by atoms with Crippen molar-refractivity contribution in [2.75, 3.05) is 13.1 Å². The van der Waals surface area contributed by atoms with Gasteiger partial charge in [0.2, 0.25) is 5.56 Å². The molecule has 1 amide bonds. The first-order chi connectivity index (χ1) is 11.5. The molecule has 0 spiro atoms. The fraction of sp³-hybridized carbons (Fsp3) is 0.389. The highest BCUT2D eigenvalue weighted by Gasteiger charge is 2.24. The monoisotopic (exact) mass is 328 g/mol. The number of carboxylic acids is 1. The van der Waals surface area contributed by atoms with Crippen LogP contribution >= 0.6 is 0 Å². The van der Waals surface area contributed by atoms with E-state index in [1.54, 1.807) is 11.0 Å². The quantitative estimate of drug-likeness (QED) is 0.904. The summed E-state index contributed by atoms with van der Waals surface area (Å²) in [6.45, 7) is 1.12. The first kappa shape index (κ1) is 16.2. The summed E-state index contributed by atoms with van der Waals surface area (Å²) in [7, 11) is 0. The highest BCUT2D eigenvalue weighted by Crippen LogP contribution is 2.23. The Hall–Kier alpha value is -2.63. The molecule has 1 fully saturated rings. The summed E-state index contributed by atoms with van der Waals surface area (Å²) >= 11 is 0. The molecular weight excluding hydrogens is 308 g/mol. The van der Waals surface area contributed by atoms with Crippen molar-refractivity contribution in [3.8, 4) is 0 Å². The molecule has 0 radical (unpaired) electrons. The van der Waals surface area contributed by atoms with Crippen molar-refractivity contribution in [3.63, 3.8) is 0 Å². The molecule has 6 heteroatoms. The van der Waals surface area contributed by atoms with E-state index in [4.69, 9.17) is 5.11 Å². The van der Waals surface area contributed by atoms with Crippen LogP contribution in [0.3, 0.4) is 0 Å². The molecule has 3 rings (SSSR count). The minimum Gasteiger partial charge on any atom is -0.481 e. The lowest BCUT2D eigenvalue weighted by Gasteiger charge is -2.21. The number of aromatic nitrogens is 1. The van der Waals surface area contributed by atoms with Crippen molar-refractivity contribution in [1.82, 2.24) is 9.88 Å². The fourth-order valence-electron chi connectivity index (χ4n) is 3.37. The van der Waals surface area contributed by atoms with Crippen LogP contribution in [0, 0.1) is 5.92 Å². The Balaban J connectivity index is 1.84. The van der Waals surface area contributed by atoms with Crippen LogP contribution in [0.5, 0.6) is 0 Å². The predicted molar refractivity (Wildman–Crippen MR) is 90.1 cm³/mol. The molecule has 1 unspecified atom stereocenters. The highest BCUT2D eigenvalue weighted by molar-refractivity contribution is 6.05. The number of hydrogen-bond acceptors (Lipinski definition) is 3. The lowest BCUT2D eigenvalue weighted by Crippen LogP contribution is -2.33. The van der Waals surface area contributed by atoms with E-state index < -0.39 is 5.97 Å². The molecule has 0 aliphatic carbocycles. The lowest BCUT2D eigenvalue weighted by atomic mass is 9.97. The van der Waals surface area contributed by atoms with Gasteiger partial charge in [0.1, 0.15) is 0 Å². The van der Waals surface area contributed by atoms with E-state index in [1.807, 2.05) is 18.2 Å². The Morgan fingerprint density at radius 1 is 1.21 bits per heavy atom. The van der Waals surface area contributed by atoms with E-state index in [9.17, 15) is 14.4 Å². The van der Waals surface area contributed by atoms with Gasteiger partial charge in [-0.05, 0) is 31.2 Å². The fourth-order valence-corrected chi connectivity index (χ4v) is 3.37. The molecule has 1 aromatic heterocycles. The predicted octanol–water partition coefficient (Wildman–Crippen LogP) is 2.25. The summed E-state index contributed by atoms with van der Waals surface area (Å²) in [5.41, 5.74) is 0.758. The minimum atomic E-state index is -0.791. The van der Waals surface area contributed by atoms with E-state index in [1.165, 1.54) is 6.07 Å². The second-order valence-corrected chi connectivity index (χ2v) is 6.28. The summed E-state index contributed by atoms with van der Waals surface area (Å²) in [6, 6.07) is 8.60. The summed E-state index contributed by atoms with van der Waals surface area (Å²) in [6.07, 6.45) is 2.42. The van der Waals surface area contributed by atoms with Gasteiger partial charge in [0.15, 0.2) is 0 Å². The molecule has 24 heavy (non-hydrogen) atoms. The Labute approximate surface area is 139 Å². The van der Waals surface area contributed by atoms with Gasteiger partial charge in [-0.15, -0.1) is 0 Å². The Kier molecular flexibility index (Phi) is 4.64. The smallest absolute Gasteiger partial charge is 0.303 e. The maximum Gasteiger partial charge on any atom is 0.303 e. The number of rotatable bonds is 3. The van der Waals surface area contributed by atoms with E-state index in [0.717, 1.165) is 18.2 Å². The zero-order valence-electron chi connectivity index (χ0n) is 13.3. The van der Waals surface area contributed by atoms with Crippen molar-refractivity contribution < 1.29 is 14.7 Å². The number of nitrogens with one attached hydrogen (secondary N) is 1. The van der Waals surface area contributed by atoms with Crippen LogP contribution in [0.25, 0.3) is 10.9 Å². The van der Waals surface area contributed by atoms with Gasteiger partial charge in [-0.3, -0.25) is 14.4 Å². The van der Waals surface area contributed by atoms with Crippen LogP contribution in [0.4, 0.5) is 0 Å². The van der Waals surface area contributed by atoms with Crippen molar-refractivity contribution >= 4 is 22.8 Å². The summed E-state index contributed by atoms with van der Waals surface area (Å²) in [5, 5.41) is 9.67. The number of aromatic amines is 1. The number of carboxylic acid groups (broad SMARTS) is 1. The van der Waals surface area contributed by atoms with Gasteiger partial charge in [-0.25, -0.2) is 0 Å². The molecule has 1 saturated heterocycles. The minimum absolute atomic E-state index is 0.108. The molecule has 2 heterocycles. The molecule has 1 aliphatic rings. The van der Waals surface area contributed by atoms with Crippen molar-refractivity contribution in [3.05, 3.63) is 46.2 Å². The number of carbonyl (C=O) groups is 2. The average molecular weight is 328 g/mol. The van der Waals surface area contributed by atoms with Crippen LogP contribution in [-0.4, -0.2) is 40.0 Å². The average Bonchev–Trinajstić information content (AvgIpc) is 2.78. The number of para-hydroxylation sites is 1. The Morgan fingerprint density at radius 3 is 2.79 bits per heavy atom. The highest BCUT2D eigenvalue weighted by atomic mass is 16.4. The van der Waals surface area contributed by atoms with Crippen LogP contribution in [0.1, 0.15) is 36.0 Å². The van der Waals surface area contributed by atoms with Crippen LogP contribution in [0.2, 0.25) is 0 Å². The number of fused-ring (bicyclic) bond motifs is 1. The Bertz CT molecular complexity index is 827. The van der Waals surface area contributed by atoms with Crippen LogP contribution in [0.15, 0.2) is 35.1 Å². The van der Waals surface area contributed by atoms with E-state index in [-0.39, 0.29) is 23.8 Å². The number of carbonyl (C=O) groups excluding carboxylic acids is 1. The molecule has 2 aromatic rings. The SMILES string of the molecule is O=C(O)CC1CCCN(C(=O)c2cc(=O)[nH]c3ccccc23)CC1. The second-order valence-electron chi connectivity index (χ2n) is 6.28. The number of aliphatic carboxylic acids is 1. The zero-order chi connectivity index (χ0) is 17.1. The third kappa shape index (κ3) is 3.48. The van der Waals surface area contributed by atoms with E-state index in [2.05, 4.69) is 4.98 Å². The summed E-state index contributed by atoms with van der Waals surface area (Å²) in [4.78, 5) is 40.1. The number of hydrogen-bond donors (Lipinski definition) is 2. The molecule has 126 valence electrons. The maximum absolute atomic E-state index is 12.9. The number of H-pyrrole nitrogens is 1. The molecule has 6 nitrogen and oxygen atoms in total. The first-order valence-electron chi connectivity index (χ1n) is 8.18. The zero-order valence-corrected chi connectivity index (χ0v) is 13.3. The summed E-state index contributed by atoms with van der Waals surface area (Å²) in [5.74, 6) is -0.843. The van der Waals surface area contributed by atoms with Gasteiger partial charge in [-0.2, -0.15) is 0 Å². The topological polar surface area (TPSA) is 90.5 Å². The van der Waals surface area contributed by atoms with E-state index >= 15 is 0 Å². The van der Waals surface area contributed by atoms with Crippen molar-refractivity contribution in [2.45, 2.75) is 25.7 Å². The number of amides is 1. The molecule has 1 aliphatic heterocycles. The third-order valence-corrected chi connectivity index (χ3v) is 4.58. The number of benzene rings is 1. The maximum atomic E-state index is 12.9. The van der Waals surface area contributed by atoms with Crippen molar-refractivity contribution in [2.24, 2.45) is 5.92 Å². The molecular formula is C18H20N2O4. The van der Waals surface area contributed by atoms with Gasteiger partial charge < -0.3 is 15.0 Å². The largest absolute Gasteiger partial charge is 0.481 e. The third-order valence-electron chi connectivity index (χ3n) is 4.58. The molecule has 1 atom stereocenters. The van der Waals surface area contributed by atoms with Gasteiger partial charge in [-0.1, -0.05) is 18.2 Å². The van der Waals surface area contributed by atoms with Crippen molar-refractivity contribution in [1.29, 1.82) is 0 Å². The van der Waals surface area contributed by atoms with Gasteiger partial charge in [0.05, 0.1) is 5.56 Å². The molecule has 0 bridgehead atoms. The molecule has 2 N–H and O–H groups in total. The van der Waals surface area contributed by atoms with E-state index in [0.29, 0.717) is 30.6 Å². The molecule has 0 saturated carbocycles. The normalized spacial score (nSPS) is 18.3. The molecule has 1 aromatic carbocycles. The van der Waals surface area contributed by atoms with Gasteiger partial charge in [0.25, 0.3) is 5.91 Å². The van der Waals surface area contributed by atoms with Crippen LogP contribution < -0.4 is 5.56 Å². The lowest BCUT2D eigenvalue weighted by molar-refractivity contribution is -0.138. The second kappa shape index (κ2) is 6.86. The van der Waals surface area contributed by atoms with Crippen LogP contribution in [-0.2, 0) is 4.79 Å². The number of pyridine rings is 1. The standard InChI is InChI=1S/C18H20N2O4/c21-16-11-14(13-5-1-2-6-15(13)19-16)18(24)20-8-3-4-12(7-9-20)10-17(22)23/h1-2,5-6,11-12H,3-4,7-10H2,(H,19,21)(H,22,23). The number of likely N-dealkylation sites (tertiary alicyclic amines) is 1.